The Morgan fingerprint density at radius 2 is 1.73 bits per heavy atom. The molecule has 2 atom stereocenters. The van der Waals surface area contributed by atoms with Crippen LogP contribution in [-0.4, -0.2) is 31.6 Å². The number of carbonyl (C=O) groups excluding carboxylic acids is 1. The number of nitrogens with two attached hydrogens (primary N) is 1. The van der Waals surface area contributed by atoms with Crippen molar-refractivity contribution in [1.29, 1.82) is 0 Å². The molecule has 1 heterocycles. The van der Waals surface area contributed by atoms with Crippen molar-refractivity contribution in [1.82, 2.24) is 4.90 Å². The maximum atomic E-state index is 14.1. The van der Waals surface area contributed by atoms with Gasteiger partial charge in [-0.05, 0) is 71.8 Å². The van der Waals surface area contributed by atoms with Gasteiger partial charge in [-0.3, -0.25) is 9.69 Å². The monoisotopic (exact) mass is 516 g/mol. The van der Waals surface area contributed by atoms with Crippen molar-refractivity contribution in [3.05, 3.63) is 94.3 Å². The molecule has 3 aromatic rings. The van der Waals surface area contributed by atoms with E-state index in [1.165, 1.54) is 14.2 Å². The molecule has 1 aliphatic heterocycles. The zero-order valence-electron chi connectivity index (χ0n) is 20.5. The fraction of sp³-hybridized carbons (Fsp3) is 0.321. The SMILES string of the molecule is COc1cc2c(cc1OC)[C@H](CCc1cc(F)cc(C(F)(F)F)c1)N(C(C(N)=O)c1ccccc1)CC2. The number of alkyl halides is 3. The number of hydrogen-bond acceptors (Lipinski definition) is 4. The molecule has 9 heteroatoms. The third kappa shape index (κ3) is 5.72. The summed E-state index contributed by atoms with van der Waals surface area (Å²) in [6.45, 7) is 0.479. The maximum absolute atomic E-state index is 14.1. The van der Waals surface area contributed by atoms with Crippen LogP contribution in [0.5, 0.6) is 11.5 Å². The van der Waals surface area contributed by atoms with E-state index < -0.39 is 35.5 Å². The lowest BCUT2D eigenvalue weighted by molar-refractivity contribution is -0.137. The predicted molar refractivity (Wildman–Crippen MR) is 131 cm³/mol. The number of carbonyl (C=O) groups is 1. The highest BCUT2D eigenvalue weighted by Gasteiger charge is 2.37. The molecule has 1 aliphatic rings. The van der Waals surface area contributed by atoms with Gasteiger partial charge in [-0.25, -0.2) is 4.39 Å². The van der Waals surface area contributed by atoms with Gasteiger partial charge in [-0.1, -0.05) is 30.3 Å². The van der Waals surface area contributed by atoms with Crippen LogP contribution in [0.15, 0.2) is 60.7 Å². The number of ether oxygens (including phenoxy) is 2. The number of primary amides is 1. The molecule has 0 aliphatic carbocycles. The van der Waals surface area contributed by atoms with E-state index >= 15 is 0 Å². The molecule has 1 unspecified atom stereocenters. The Kier molecular flexibility index (Phi) is 7.73. The number of nitrogens with zero attached hydrogens (tertiary/aromatic N) is 1. The van der Waals surface area contributed by atoms with Gasteiger partial charge in [0, 0.05) is 12.6 Å². The molecule has 0 radical (unpaired) electrons. The Hall–Kier alpha value is -3.59. The molecule has 0 spiro atoms. The Labute approximate surface area is 212 Å². The normalized spacial score (nSPS) is 16.6. The van der Waals surface area contributed by atoms with Crippen LogP contribution in [0.25, 0.3) is 0 Å². The molecule has 0 saturated heterocycles. The van der Waals surface area contributed by atoms with E-state index in [-0.39, 0.29) is 12.0 Å². The first kappa shape index (κ1) is 26.5. The van der Waals surface area contributed by atoms with E-state index in [1.54, 1.807) is 0 Å². The fourth-order valence-corrected chi connectivity index (χ4v) is 5.09. The van der Waals surface area contributed by atoms with Crippen LogP contribution in [-0.2, 0) is 23.8 Å². The molecule has 196 valence electrons. The molecule has 5 nitrogen and oxygen atoms in total. The maximum Gasteiger partial charge on any atom is 0.416 e. The Balaban J connectivity index is 1.76. The zero-order valence-corrected chi connectivity index (χ0v) is 20.5. The Bertz CT molecular complexity index is 1260. The molecule has 4 rings (SSSR count). The van der Waals surface area contributed by atoms with Gasteiger partial charge < -0.3 is 15.2 Å². The number of amides is 1. The summed E-state index contributed by atoms with van der Waals surface area (Å²) in [5.41, 5.74) is 7.62. The van der Waals surface area contributed by atoms with E-state index in [0.29, 0.717) is 42.5 Å². The van der Waals surface area contributed by atoms with Crippen LogP contribution in [0.4, 0.5) is 17.6 Å². The minimum atomic E-state index is -4.66. The summed E-state index contributed by atoms with van der Waals surface area (Å²) in [6, 6.07) is 14.2. The molecule has 2 N–H and O–H groups in total. The Morgan fingerprint density at radius 1 is 1.05 bits per heavy atom. The largest absolute Gasteiger partial charge is 0.493 e. The van der Waals surface area contributed by atoms with Gasteiger partial charge in [0.15, 0.2) is 11.5 Å². The summed E-state index contributed by atoms with van der Waals surface area (Å²) in [5, 5.41) is 0. The summed E-state index contributed by atoms with van der Waals surface area (Å²) >= 11 is 0. The van der Waals surface area contributed by atoms with Crippen molar-refractivity contribution >= 4 is 5.91 Å². The summed E-state index contributed by atoms with van der Waals surface area (Å²) in [7, 11) is 3.05. The number of rotatable bonds is 8. The van der Waals surface area contributed by atoms with Crippen LogP contribution in [0.1, 0.15) is 46.3 Å². The average molecular weight is 517 g/mol. The lowest BCUT2D eigenvalue weighted by Gasteiger charge is -2.41. The van der Waals surface area contributed by atoms with E-state index in [0.717, 1.165) is 23.3 Å². The second kappa shape index (κ2) is 10.8. The van der Waals surface area contributed by atoms with Gasteiger partial charge in [0.2, 0.25) is 5.91 Å². The molecule has 1 amide bonds. The minimum Gasteiger partial charge on any atom is -0.493 e. The number of fused-ring (bicyclic) bond motifs is 1. The molecule has 3 aromatic carbocycles. The highest BCUT2D eigenvalue weighted by atomic mass is 19.4. The molecule has 0 aromatic heterocycles. The van der Waals surface area contributed by atoms with Crippen molar-refractivity contribution in [3.8, 4) is 11.5 Å². The fourth-order valence-electron chi connectivity index (χ4n) is 5.09. The average Bonchev–Trinajstić information content (AvgIpc) is 2.86. The quantitative estimate of drug-likeness (QED) is 0.395. The van der Waals surface area contributed by atoms with Crippen molar-refractivity contribution in [2.24, 2.45) is 5.73 Å². The Morgan fingerprint density at radius 3 is 2.35 bits per heavy atom. The number of methoxy groups -OCH3 is 2. The predicted octanol–water partition coefficient (Wildman–Crippen LogP) is 5.62. The first-order chi connectivity index (χ1) is 17.6. The second-order valence-corrected chi connectivity index (χ2v) is 9.01. The van der Waals surface area contributed by atoms with Gasteiger partial charge >= 0.3 is 6.18 Å². The summed E-state index contributed by atoms with van der Waals surface area (Å²) in [6.07, 6.45) is -3.59. The van der Waals surface area contributed by atoms with Crippen LogP contribution in [0.2, 0.25) is 0 Å². The highest BCUT2D eigenvalue weighted by Crippen LogP contribution is 2.43. The van der Waals surface area contributed by atoms with Crippen molar-refractivity contribution in [3.63, 3.8) is 0 Å². The first-order valence-corrected chi connectivity index (χ1v) is 11.8. The van der Waals surface area contributed by atoms with Gasteiger partial charge in [-0.15, -0.1) is 0 Å². The van der Waals surface area contributed by atoms with Gasteiger partial charge in [0.1, 0.15) is 11.9 Å². The van der Waals surface area contributed by atoms with Gasteiger partial charge in [0.05, 0.1) is 19.8 Å². The molecular weight excluding hydrogens is 488 g/mol. The van der Waals surface area contributed by atoms with Crippen molar-refractivity contribution in [2.45, 2.75) is 37.5 Å². The van der Waals surface area contributed by atoms with Crippen molar-refractivity contribution in [2.75, 3.05) is 20.8 Å². The highest BCUT2D eigenvalue weighted by molar-refractivity contribution is 5.81. The van der Waals surface area contributed by atoms with Crippen molar-refractivity contribution < 1.29 is 31.8 Å². The summed E-state index contributed by atoms with van der Waals surface area (Å²) in [5.74, 6) is -0.432. The summed E-state index contributed by atoms with van der Waals surface area (Å²) < 4.78 is 64.9. The number of halogens is 4. The summed E-state index contributed by atoms with van der Waals surface area (Å²) in [4.78, 5) is 14.7. The standard InChI is InChI=1S/C28H28F4N2O3/c1-36-24-14-19-10-11-34(26(27(33)35)18-6-4-3-5-7-18)23(22(19)16-25(24)37-2)9-8-17-12-20(28(30,31)32)15-21(29)13-17/h3-7,12-16,23,26H,8-11H2,1-2H3,(H2,33,35)/t23-,26?/m0/s1. The second-order valence-electron chi connectivity index (χ2n) is 9.01. The molecule has 0 bridgehead atoms. The minimum absolute atomic E-state index is 0.149. The third-order valence-electron chi connectivity index (χ3n) is 6.75. The first-order valence-electron chi connectivity index (χ1n) is 11.8. The molecule has 0 fully saturated rings. The van der Waals surface area contributed by atoms with Crippen LogP contribution >= 0.6 is 0 Å². The van der Waals surface area contributed by atoms with Gasteiger partial charge in [0.25, 0.3) is 0 Å². The number of benzene rings is 3. The molecule has 0 saturated carbocycles. The molecule has 37 heavy (non-hydrogen) atoms. The number of aryl methyl sites for hydroxylation is 1. The number of hydrogen-bond donors (Lipinski definition) is 1. The molecular formula is C28H28F4N2O3. The zero-order chi connectivity index (χ0) is 26.7. The van der Waals surface area contributed by atoms with E-state index in [1.807, 2.05) is 47.4 Å². The topological polar surface area (TPSA) is 64.8 Å². The van der Waals surface area contributed by atoms with Gasteiger partial charge in [-0.2, -0.15) is 13.2 Å². The third-order valence-corrected chi connectivity index (χ3v) is 6.75. The lowest BCUT2D eigenvalue weighted by atomic mass is 9.86. The van der Waals surface area contributed by atoms with E-state index in [4.69, 9.17) is 15.2 Å². The van der Waals surface area contributed by atoms with Crippen LogP contribution in [0, 0.1) is 5.82 Å². The van der Waals surface area contributed by atoms with E-state index in [2.05, 4.69) is 0 Å². The smallest absolute Gasteiger partial charge is 0.416 e. The lowest BCUT2D eigenvalue weighted by Crippen LogP contribution is -2.44. The van der Waals surface area contributed by atoms with E-state index in [9.17, 15) is 22.4 Å². The van der Waals surface area contributed by atoms with Crippen LogP contribution < -0.4 is 15.2 Å². The van der Waals surface area contributed by atoms with Crippen LogP contribution in [0.3, 0.4) is 0 Å².